The van der Waals surface area contributed by atoms with E-state index in [9.17, 15) is 4.79 Å². The fourth-order valence-corrected chi connectivity index (χ4v) is 2.55. The fraction of sp³-hybridized carbons (Fsp3) is 0.0833. The van der Waals surface area contributed by atoms with Crippen LogP contribution in [0.5, 0.6) is 0 Å². The number of hydrogen-bond acceptors (Lipinski definition) is 4. The number of aryl methyl sites for hydroxylation is 1. The molecule has 3 aromatic rings. The van der Waals surface area contributed by atoms with E-state index in [1.807, 2.05) is 31.2 Å². The van der Waals surface area contributed by atoms with Crippen molar-refractivity contribution >= 4 is 22.3 Å². The van der Waals surface area contributed by atoms with Gasteiger partial charge in [-0.2, -0.15) is 0 Å². The van der Waals surface area contributed by atoms with Gasteiger partial charge in [-0.25, -0.2) is 4.79 Å². The minimum atomic E-state index is -0.944. The van der Waals surface area contributed by atoms with Crippen LogP contribution in [0.3, 0.4) is 0 Å². The van der Waals surface area contributed by atoms with E-state index < -0.39 is 5.97 Å². The van der Waals surface area contributed by atoms with Crippen LogP contribution in [0.1, 0.15) is 15.2 Å². The Balaban J connectivity index is 2.20. The van der Waals surface area contributed by atoms with Gasteiger partial charge < -0.3 is 5.11 Å². The molecule has 0 bridgehead atoms. The van der Waals surface area contributed by atoms with Crippen molar-refractivity contribution in [2.24, 2.45) is 0 Å². The summed E-state index contributed by atoms with van der Waals surface area (Å²) in [6.45, 7) is 2.00. The number of aromatic carboxylic acids is 1. The van der Waals surface area contributed by atoms with Gasteiger partial charge in [0.15, 0.2) is 5.82 Å². The summed E-state index contributed by atoms with van der Waals surface area (Å²) in [6, 6.07) is 7.87. The lowest BCUT2D eigenvalue weighted by Gasteiger charge is -1.98. The molecule has 0 radical (unpaired) electrons. The number of thiazole rings is 1. The fourth-order valence-electron chi connectivity index (χ4n) is 1.78. The van der Waals surface area contributed by atoms with E-state index in [0.29, 0.717) is 10.8 Å². The topological polar surface area (TPSA) is 67.5 Å². The van der Waals surface area contributed by atoms with Gasteiger partial charge in [0.2, 0.25) is 4.96 Å². The number of benzene rings is 1. The van der Waals surface area contributed by atoms with Gasteiger partial charge in [-0.15, -0.1) is 10.2 Å². The maximum Gasteiger partial charge on any atom is 0.347 e. The average molecular weight is 259 g/mol. The number of nitrogens with zero attached hydrogens (tertiary/aromatic N) is 3. The minimum Gasteiger partial charge on any atom is -0.477 e. The molecule has 0 saturated carbocycles. The quantitative estimate of drug-likeness (QED) is 0.767. The molecule has 1 aromatic carbocycles. The van der Waals surface area contributed by atoms with E-state index >= 15 is 0 Å². The van der Waals surface area contributed by atoms with E-state index in [4.69, 9.17) is 5.11 Å². The molecule has 6 heteroatoms. The Morgan fingerprint density at radius 1 is 1.39 bits per heavy atom. The molecule has 0 spiro atoms. The highest BCUT2D eigenvalue weighted by Gasteiger charge is 2.14. The van der Waals surface area contributed by atoms with Crippen molar-refractivity contribution < 1.29 is 9.90 Å². The van der Waals surface area contributed by atoms with Gasteiger partial charge in [0.05, 0.1) is 0 Å². The van der Waals surface area contributed by atoms with Crippen molar-refractivity contribution in [1.29, 1.82) is 0 Å². The number of carboxylic acids is 1. The van der Waals surface area contributed by atoms with Crippen molar-refractivity contribution in [3.05, 3.63) is 40.9 Å². The highest BCUT2D eigenvalue weighted by atomic mass is 32.1. The molecule has 3 rings (SSSR count). The van der Waals surface area contributed by atoms with Crippen molar-refractivity contribution in [3.63, 3.8) is 0 Å². The number of carboxylic acid groups (broad SMARTS) is 1. The largest absolute Gasteiger partial charge is 0.477 e. The minimum absolute atomic E-state index is 0.258. The van der Waals surface area contributed by atoms with Crippen LogP contribution >= 0.6 is 11.3 Å². The van der Waals surface area contributed by atoms with Crippen LogP contribution in [0.15, 0.2) is 30.5 Å². The third-order valence-corrected chi connectivity index (χ3v) is 3.56. The van der Waals surface area contributed by atoms with Gasteiger partial charge in [-0.3, -0.25) is 4.40 Å². The molecular weight excluding hydrogens is 250 g/mol. The second-order valence-electron chi connectivity index (χ2n) is 3.95. The molecule has 0 atom stereocenters. The molecule has 5 nitrogen and oxygen atoms in total. The van der Waals surface area contributed by atoms with Crippen LogP contribution in [0.25, 0.3) is 16.3 Å². The summed E-state index contributed by atoms with van der Waals surface area (Å²) in [7, 11) is 0. The Morgan fingerprint density at radius 3 is 2.94 bits per heavy atom. The Bertz CT molecular complexity index is 745. The second-order valence-corrected chi connectivity index (χ2v) is 4.96. The molecule has 18 heavy (non-hydrogen) atoms. The molecule has 2 aromatic heterocycles. The summed E-state index contributed by atoms with van der Waals surface area (Å²) in [5.74, 6) is -0.279. The Kier molecular flexibility index (Phi) is 2.38. The molecule has 0 saturated heterocycles. The van der Waals surface area contributed by atoms with Crippen molar-refractivity contribution in [2.75, 3.05) is 0 Å². The first-order chi connectivity index (χ1) is 8.65. The summed E-state index contributed by atoms with van der Waals surface area (Å²) in [5, 5.41) is 17.1. The molecule has 0 amide bonds. The smallest absolute Gasteiger partial charge is 0.347 e. The molecule has 2 heterocycles. The molecule has 0 aliphatic carbocycles. The highest BCUT2D eigenvalue weighted by Crippen LogP contribution is 2.24. The molecule has 1 N–H and O–H groups in total. The predicted octanol–water partition coefficient (Wildman–Crippen LogP) is 2.46. The van der Waals surface area contributed by atoms with Crippen molar-refractivity contribution in [1.82, 2.24) is 14.6 Å². The number of aromatic nitrogens is 3. The average Bonchev–Trinajstić information content (AvgIpc) is 2.87. The molecular formula is C12H9N3O2S. The Hall–Kier alpha value is -2.21. The molecule has 0 unspecified atom stereocenters. The van der Waals surface area contributed by atoms with E-state index in [0.717, 1.165) is 22.5 Å². The zero-order valence-corrected chi connectivity index (χ0v) is 10.3. The zero-order valence-electron chi connectivity index (χ0n) is 9.49. The van der Waals surface area contributed by atoms with Gasteiger partial charge in [-0.1, -0.05) is 35.1 Å². The summed E-state index contributed by atoms with van der Waals surface area (Å²) in [6.07, 6.45) is 1.56. The van der Waals surface area contributed by atoms with Crippen LogP contribution in [-0.2, 0) is 0 Å². The van der Waals surface area contributed by atoms with Crippen LogP contribution in [0.4, 0.5) is 0 Å². The van der Waals surface area contributed by atoms with Gasteiger partial charge >= 0.3 is 5.97 Å². The van der Waals surface area contributed by atoms with Crippen LogP contribution in [-0.4, -0.2) is 25.7 Å². The van der Waals surface area contributed by atoms with Gasteiger partial charge in [0, 0.05) is 11.8 Å². The monoisotopic (exact) mass is 259 g/mol. The Labute approximate surface area is 106 Å². The molecule has 0 fully saturated rings. The normalized spacial score (nSPS) is 10.9. The Morgan fingerprint density at radius 2 is 2.22 bits per heavy atom. The lowest BCUT2D eigenvalue weighted by molar-refractivity contribution is 0.0702. The van der Waals surface area contributed by atoms with Gasteiger partial charge in [0.25, 0.3) is 0 Å². The maximum absolute atomic E-state index is 10.9. The molecule has 0 aliphatic rings. The maximum atomic E-state index is 10.9. The summed E-state index contributed by atoms with van der Waals surface area (Å²) in [5.41, 5.74) is 2.05. The second kappa shape index (κ2) is 3.92. The van der Waals surface area contributed by atoms with Crippen molar-refractivity contribution in [3.8, 4) is 11.4 Å². The zero-order chi connectivity index (χ0) is 12.7. The number of carbonyl (C=O) groups is 1. The number of fused-ring (bicyclic) bond motifs is 1. The highest BCUT2D eigenvalue weighted by molar-refractivity contribution is 7.18. The molecule has 0 aliphatic heterocycles. The molecule has 90 valence electrons. The predicted molar refractivity (Wildman–Crippen MR) is 68.0 cm³/mol. The van der Waals surface area contributed by atoms with Crippen LogP contribution < -0.4 is 0 Å². The third-order valence-electron chi connectivity index (χ3n) is 2.60. The summed E-state index contributed by atoms with van der Waals surface area (Å²) in [4.78, 5) is 11.8. The number of hydrogen-bond donors (Lipinski definition) is 1. The van der Waals surface area contributed by atoms with Gasteiger partial charge in [0.1, 0.15) is 4.88 Å². The standard InChI is InChI=1S/C12H9N3O2S/c1-7-3-2-4-8(5-7)10-13-14-12-15(10)6-9(18-12)11(16)17/h2-6H,1H3,(H,16,17). The first kappa shape index (κ1) is 10.9. The third kappa shape index (κ3) is 1.67. The van der Waals surface area contributed by atoms with E-state index in [1.165, 1.54) is 0 Å². The number of rotatable bonds is 2. The van der Waals surface area contributed by atoms with Crippen LogP contribution in [0.2, 0.25) is 0 Å². The SMILES string of the molecule is Cc1cccc(-c2nnc3sc(C(=O)O)cn23)c1. The van der Waals surface area contributed by atoms with E-state index in [2.05, 4.69) is 10.2 Å². The first-order valence-corrected chi connectivity index (χ1v) is 6.12. The summed E-state index contributed by atoms with van der Waals surface area (Å²) >= 11 is 1.11. The van der Waals surface area contributed by atoms with E-state index in [-0.39, 0.29) is 4.88 Å². The van der Waals surface area contributed by atoms with Crippen LogP contribution in [0, 0.1) is 6.92 Å². The summed E-state index contributed by atoms with van der Waals surface area (Å²) < 4.78 is 1.71. The van der Waals surface area contributed by atoms with E-state index in [1.54, 1.807) is 10.6 Å². The van der Waals surface area contributed by atoms with Crippen molar-refractivity contribution in [2.45, 2.75) is 6.92 Å². The van der Waals surface area contributed by atoms with Gasteiger partial charge in [-0.05, 0) is 13.0 Å². The first-order valence-electron chi connectivity index (χ1n) is 5.30. The lowest BCUT2D eigenvalue weighted by atomic mass is 10.1. The lowest BCUT2D eigenvalue weighted by Crippen LogP contribution is -1.92.